The highest BCUT2D eigenvalue weighted by molar-refractivity contribution is 8.26. The molecule has 0 aromatic heterocycles. The van der Waals surface area contributed by atoms with E-state index in [0.717, 1.165) is 16.3 Å². The number of carbonyl (C=O) groups excluding carboxylic acids is 2. The van der Waals surface area contributed by atoms with Crippen molar-refractivity contribution in [3.63, 3.8) is 0 Å². The highest BCUT2D eigenvalue weighted by atomic mass is 32.2. The summed E-state index contributed by atoms with van der Waals surface area (Å²) >= 11 is 6.27. The number of hydrogen-bond donors (Lipinski definition) is 1. The maximum Gasteiger partial charge on any atom is 0.419 e. The average molecular weight is 463 g/mol. The Hall–Kier alpha value is -3.36. The molecule has 5 rings (SSSR count). The minimum absolute atomic E-state index is 0.224. The van der Waals surface area contributed by atoms with Gasteiger partial charge in [-0.2, -0.15) is 0 Å². The van der Waals surface area contributed by atoms with Crippen molar-refractivity contribution in [3.05, 3.63) is 71.1 Å². The number of thioether (sulfide) groups is 1. The van der Waals surface area contributed by atoms with Gasteiger partial charge in [-0.15, -0.1) is 0 Å². The number of anilines is 1. The molecule has 3 aromatic carbocycles. The lowest BCUT2D eigenvalue weighted by Gasteiger charge is -2.22. The van der Waals surface area contributed by atoms with Crippen LogP contribution in [0.2, 0.25) is 0 Å². The van der Waals surface area contributed by atoms with Crippen molar-refractivity contribution in [1.82, 2.24) is 5.32 Å². The predicted molar refractivity (Wildman–Crippen MR) is 130 cm³/mol. The summed E-state index contributed by atoms with van der Waals surface area (Å²) in [6.07, 6.45) is 1.94. The Balaban J connectivity index is 1.47. The Kier molecular flexibility index (Phi) is 5.55. The van der Waals surface area contributed by atoms with Crippen LogP contribution < -0.4 is 19.7 Å². The molecule has 0 spiro atoms. The molecule has 32 heavy (non-hydrogen) atoms. The van der Waals surface area contributed by atoms with Crippen LogP contribution >= 0.6 is 24.0 Å². The molecule has 6 nitrogen and oxygen atoms in total. The van der Waals surface area contributed by atoms with Crippen LogP contribution in [0.4, 0.5) is 10.5 Å². The Morgan fingerprint density at radius 3 is 2.84 bits per heavy atom. The van der Waals surface area contributed by atoms with Crippen LogP contribution in [0.25, 0.3) is 16.8 Å². The SMILES string of the molecule is O=C1NC(=S)S/C1=C/c1ccc2c(c1)N(C(=O)Oc1cccc3ccccc13)CCCO2. The number of hydrogen-bond acceptors (Lipinski definition) is 6. The van der Waals surface area contributed by atoms with Gasteiger partial charge in [0.25, 0.3) is 5.91 Å². The molecule has 2 aliphatic rings. The molecular formula is C24H18N2O4S2. The van der Waals surface area contributed by atoms with Crippen molar-refractivity contribution in [2.24, 2.45) is 0 Å². The van der Waals surface area contributed by atoms with E-state index in [0.29, 0.717) is 46.0 Å². The summed E-state index contributed by atoms with van der Waals surface area (Å²) in [6, 6.07) is 18.9. The smallest absolute Gasteiger partial charge is 0.419 e. The largest absolute Gasteiger partial charge is 0.491 e. The zero-order valence-corrected chi connectivity index (χ0v) is 18.5. The van der Waals surface area contributed by atoms with E-state index in [9.17, 15) is 9.59 Å². The number of ether oxygens (including phenoxy) is 2. The molecule has 2 heterocycles. The van der Waals surface area contributed by atoms with E-state index in [1.54, 1.807) is 23.1 Å². The van der Waals surface area contributed by atoms with Gasteiger partial charge in [-0.25, -0.2) is 4.79 Å². The van der Waals surface area contributed by atoms with E-state index in [-0.39, 0.29) is 5.91 Å². The minimum atomic E-state index is -0.480. The molecule has 0 aliphatic carbocycles. The van der Waals surface area contributed by atoms with Crippen LogP contribution in [0.1, 0.15) is 12.0 Å². The molecule has 1 fully saturated rings. The van der Waals surface area contributed by atoms with E-state index in [2.05, 4.69) is 5.32 Å². The number of fused-ring (bicyclic) bond motifs is 2. The van der Waals surface area contributed by atoms with Crippen LogP contribution in [0, 0.1) is 0 Å². The maximum absolute atomic E-state index is 13.2. The second-order valence-electron chi connectivity index (χ2n) is 7.28. The lowest BCUT2D eigenvalue weighted by atomic mass is 10.1. The molecule has 2 amide bonds. The summed E-state index contributed by atoms with van der Waals surface area (Å²) in [5.41, 5.74) is 1.37. The number of carbonyl (C=O) groups is 2. The van der Waals surface area contributed by atoms with Gasteiger partial charge in [0.15, 0.2) is 0 Å². The number of nitrogens with one attached hydrogen (secondary N) is 1. The molecular weight excluding hydrogens is 444 g/mol. The number of thiocarbonyl (C=S) groups is 1. The molecule has 1 N–H and O–H groups in total. The van der Waals surface area contributed by atoms with Gasteiger partial charge in [-0.1, -0.05) is 66.4 Å². The maximum atomic E-state index is 13.2. The first-order valence-electron chi connectivity index (χ1n) is 10.1. The Morgan fingerprint density at radius 1 is 1.16 bits per heavy atom. The fraction of sp³-hybridized carbons (Fsp3) is 0.125. The van der Waals surface area contributed by atoms with Gasteiger partial charge in [-0.05, 0) is 41.6 Å². The third kappa shape index (κ3) is 4.06. The highest BCUT2D eigenvalue weighted by Crippen LogP contribution is 2.35. The standard InChI is InChI=1S/C24H18N2O4S2/c27-22-21(32-23(31)25-22)14-15-9-10-20-18(13-15)26(11-4-12-29-20)24(28)30-19-8-3-6-16-5-1-2-7-17(16)19/h1-3,5-10,13-14H,4,11-12H2,(H,25,27,31)/b21-14+. The van der Waals surface area contributed by atoms with Crippen molar-refractivity contribution in [2.75, 3.05) is 18.1 Å². The molecule has 3 aromatic rings. The fourth-order valence-electron chi connectivity index (χ4n) is 3.68. The van der Waals surface area contributed by atoms with Crippen molar-refractivity contribution >= 4 is 62.8 Å². The first-order chi connectivity index (χ1) is 15.6. The van der Waals surface area contributed by atoms with Crippen molar-refractivity contribution in [1.29, 1.82) is 0 Å². The van der Waals surface area contributed by atoms with Gasteiger partial charge < -0.3 is 14.8 Å². The molecule has 0 saturated carbocycles. The number of rotatable bonds is 2. The molecule has 8 heteroatoms. The van der Waals surface area contributed by atoms with E-state index >= 15 is 0 Å². The molecule has 2 aliphatic heterocycles. The summed E-state index contributed by atoms with van der Waals surface area (Å²) in [6.45, 7) is 0.952. The molecule has 0 radical (unpaired) electrons. The molecule has 0 unspecified atom stereocenters. The summed E-state index contributed by atoms with van der Waals surface area (Å²) < 4.78 is 12.1. The van der Waals surface area contributed by atoms with Crippen LogP contribution in [0.15, 0.2) is 65.6 Å². The zero-order valence-electron chi connectivity index (χ0n) is 16.9. The van der Waals surface area contributed by atoms with Gasteiger partial charge in [-0.3, -0.25) is 9.69 Å². The minimum Gasteiger partial charge on any atom is -0.491 e. The van der Waals surface area contributed by atoms with E-state index < -0.39 is 6.09 Å². The lowest BCUT2D eigenvalue weighted by molar-refractivity contribution is -0.115. The monoisotopic (exact) mass is 462 g/mol. The molecule has 0 bridgehead atoms. The van der Waals surface area contributed by atoms with E-state index in [1.165, 1.54) is 11.8 Å². The van der Waals surface area contributed by atoms with Crippen molar-refractivity contribution < 1.29 is 19.1 Å². The topological polar surface area (TPSA) is 67.9 Å². The Morgan fingerprint density at radius 2 is 2.00 bits per heavy atom. The fourth-order valence-corrected chi connectivity index (χ4v) is 4.72. The summed E-state index contributed by atoms with van der Waals surface area (Å²) in [5.74, 6) is 0.877. The lowest BCUT2D eigenvalue weighted by Crippen LogP contribution is -2.34. The Bertz CT molecular complexity index is 1280. The second kappa shape index (κ2) is 8.64. The molecule has 0 atom stereocenters. The second-order valence-corrected chi connectivity index (χ2v) is 9.00. The molecule has 1 saturated heterocycles. The van der Waals surface area contributed by atoms with Crippen molar-refractivity contribution in [3.8, 4) is 11.5 Å². The van der Waals surface area contributed by atoms with Crippen LogP contribution in [0.3, 0.4) is 0 Å². The highest BCUT2D eigenvalue weighted by Gasteiger charge is 2.26. The first-order valence-corrected chi connectivity index (χ1v) is 11.3. The first kappa shape index (κ1) is 20.5. The number of nitrogens with zero attached hydrogens (tertiary/aromatic N) is 1. The van der Waals surface area contributed by atoms with Crippen LogP contribution in [-0.4, -0.2) is 29.5 Å². The quantitative estimate of drug-likeness (QED) is 0.421. The van der Waals surface area contributed by atoms with Crippen LogP contribution in [-0.2, 0) is 4.79 Å². The van der Waals surface area contributed by atoms with Crippen molar-refractivity contribution in [2.45, 2.75) is 6.42 Å². The number of benzene rings is 3. The third-order valence-corrected chi connectivity index (χ3v) is 6.33. The van der Waals surface area contributed by atoms with Gasteiger partial charge in [0.2, 0.25) is 0 Å². The van der Waals surface area contributed by atoms with Gasteiger partial charge in [0, 0.05) is 11.9 Å². The van der Waals surface area contributed by atoms with Crippen LogP contribution in [0.5, 0.6) is 11.5 Å². The van der Waals surface area contributed by atoms with E-state index in [1.807, 2.05) is 48.5 Å². The number of amides is 2. The Labute approximate surface area is 194 Å². The van der Waals surface area contributed by atoms with E-state index in [4.69, 9.17) is 21.7 Å². The summed E-state index contributed by atoms with van der Waals surface area (Å²) in [5, 5.41) is 4.47. The molecule has 160 valence electrons. The van der Waals surface area contributed by atoms with Gasteiger partial charge >= 0.3 is 6.09 Å². The van der Waals surface area contributed by atoms with Gasteiger partial charge in [0.1, 0.15) is 15.8 Å². The zero-order chi connectivity index (χ0) is 22.1. The predicted octanol–water partition coefficient (Wildman–Crippen LogP) is 5.12. The van der Waals surface area contributed by atoms with Gasteiger partial charge in [0.05, 0.1) is 17.2 Å². The average Bonchev–Trinajstić information content (AvgIpc) is 2.97. The third-order valence-electron chi connectivity index (χ3n) is 5.16. The summed E-state index contributed by atoms with van der Waals surface area (Å²) in [7, 11) is 0. The normalized spacial score (nSPS) is 17.0. The summed E-state index contributed by atoms with van der Waals surface area (Å²) in [4.78, 5) is 27.3.